The molecule has 0 aliphatic rings. The second kappa shape index (κ2) is 7.37. The van der Waals surface area contributed by atoms with E-state index in [4.69, 9.17) is 5.11 Å². The number of nitrogens with one attached hydrogen (secondary N) is 1. The second-order valence-corrected chi connectivity index (χ2v) is 6.76. The number of hydrogen-bond acceptors (Lipinski definition) is 4. The number of likely N-dealkylation sites (N-methyl/N-ethyl adjacent to an activating group) is 1. The molecular weight excluding hydrogens is 308 g/mol. The van der Waals surface area contributed by atoms with Crippen molar-refractivity contribution in [3.8, 4) is 0 Å². The monoisotopic (exact) mass is 328 g/mol. The first kappa shape index (κ1) is 18.1. The summed E-state index contributed by atoms with van der Waals surface area (Å²) in [5.41, 5.74) is 0.805. The van der Waals surface area contributed by atoms with Gasteiger partial charge in [-0.2, -0.15) is 0 Å². The summed E-state index contributed by atoms with van der Waals surface area (Å²) in [5.74, 6) is -1.33. The number of carboxylic acids is 1. The van der Waals surface area contributed by atoms with Crippen LogP contribution in [0.4, 0.5) is 0 Å². The molecule has 0 fully saturated rings. The summed E-state index contributed by atoms with van der Waals surface area (Å²) in [7, 11) is -0.688. The van der Waals surface area contributed by atoms with Crippen LogP contribution in [0, 0.1) is 0 Å². The maximum Gasteiger partial charge on any atom is 0.326 e. The molecular formula is C14H20N2O5S. The van der Waals surface area contributed by atoms with Crippen LogP contribution >= 0.6 is 0 Å². The zero-order chi connectivity index (χ0) is 16.9. The van der Waals surface area contributed by atoms with Gasteiger partial charge in [0.15, 0.2) is 0 Å². The van der Waals surface area contributed by atoms with Crippen molar-refractivity contribution in [2.75, 3.05) is 14.1 Å². The highest BCUT2D eigenvalue weighted by atomic mass is 32.2. The average Bonchev–Trinajstić information content (AvgIpc) is 2.51. The van der Waals surface area contributed by atoms with E-state index in [0.29, 0.717) is 6.42 Å². The lowest BCUT2D eigenvalue weighted by atomic mass is 10.1. The van der Waals surface area contributed by atoms with Gasteiger partial charge in [0, 0.05) is 13.5 Å². The Morgan fingerprint density at radius 1 is 1.27 bits per heavy atom. The molecule has 0 saturated heterocycles. The number of nitrogens with zero attached hydrogens (tertiary/aromatic N) is 1. The van der Waals surface area contributed by atoms with Crippen LogP contribution in [0.1, 0.15) is 18.9 Å². The number of sulfonamides is 1. The third-order valence-electron chi connectivity index (χ3n) is 3.46. The van der Waals surface area contributed by atoms with Gasteiger partial charge in [0.2, 0.25) is 15.9 Å². The smallest absolute Gasteiger partial charge is 0.326 e. The number of benzene rings is 1. The first-order valence-corrected chi connectivity index (χ1v) is 8.18. The minimum absolute atomic E-state index is 0.154. The minimum Gasteiger partial charge on any atom is -0.480 e. The summed E-state index contributed by atoms with van der Waals surface area (Å²) < 4.78 is 25.4. The fourth-order valence-corrected chi connectivity index (χ4v) is 2.49. The molecule has 122 valence electrons. The van der Waals surface area contributed by atoms with E-state index in [1.54, 1.807) is 12.1 Å². The van der Waals surface area contributed by atoms with Crippen molar-refractivity contribution in [3.63, 3.8) is 0 Å². The maximum absolute atomic E-state index is 11.9. The molecule has 0 saturated carbocycles. The summed E-state index contributed by atoms with van der Waals surface area (Å²) >= 11 is 0. The average molecular weight is 328 g/mol. The van der Waals surface area contributed by atoms with Gasteiger partial charge >= 0.3 is 5.97 Å². The molecule has 1 atom stereocenters. The Morgan fingerprint density at radius 3 is 2.27 bits per heavy atom. The van der Waals surface area contributed by atoms with Crippen LogP contribution in [-0.2, 0) is 26.0 Å². The van der Waals surface area contributed by atoms with Gasteiger partial charge in [-0.15, -0.1) is 0 Å². The van der Waals surface area contributed by atoms with Gasteiger partial charge in [-0.05, 0) is 38.1 Å². The van der Waals surface area contributed by atoms with Crippen LogP contribution in [0.3, 0.4) is 0 Å². The van der Waals surface area contributed by atoms with Gasteiger partial charge in [0.25, 0.3) is 0 Å². The van der Waals surface area contributed by atoms with Crippen molar-refractivity contribution in [1.29, 1.82) is 0 Å². The van der Waals surface area contributed by atoms with Crippen molar-refractivity contribution >= 4 is 21.9 Å². The molecule has 0 radical (unpaired) electrons. The molecule has 2 N–H and O–H groups in total. The van der Waals surface area contributed by atoms with Gasteiger partial charge in [-0.25, -0.2) is 17.9 Å². The summed E-state index contributed by atoms with van der Waals surface area (Å²) in [4.78, 5) is 24.1. The standard InChI is InChI=1S/C14H20N2O5S/c1-10(14(18)19)16(3)13(17)9-6-11-4-7-12(8-5-11)22(20,21)15-2/h4-5,7-8,10,15H,6,9H2,1-3H3,(H,18,19). The third kappa shape index (κ3) is 4.54. The summed E-state index contributed by atoms with van der Waals surface area (Å²) in [6, 6.07) is 5.33. The van der Waals surface area contributed by atoms with E-state index in [9.17, 15) is 18.0 Å². The SMILES string of the molecule is CNS(=O)(=O)c1ccc(CCC(=O)N(C)C(C)C(=O)O)cc1. The van der Waals surface area contributed by atoms with E-state index in [-0.39, 0.29) is 17.2 Å². The van der Waals surface area contributed by atoms with E-state index in [1.165, 1.54) is 38.1 Å². The lowest BCUT2D eigenvalue weighted by Gasteiger charge is -2.21. The fraction of sp³-hybridized carbons (Fsp3) is 0.429. The van der Waals surface area contributed by atoms with Crippen LogP contribution in [0.15, 0.2) is 29.2 Å². The maximum atomic E-state index is 11.9. The van der Waals surface area contributed by atoms with Crippen molar-refractivity contribution < 1.29 is 23.1 Å². The summed E-state index contributed by atoms with van der Waals surface area (Å²) in [6.07, 6.45) is 0.571. The van der Waals surface area contributed by atoms with Crippen LogP contribution in [0.25, 0.3) is 0 Å². The fourth-order valence-electron chi connectivity index (χ4n) is 1.76. The molecule has 0 aliphatic carbocycles. The van der Waals surface area contributed by atoms with Crippen molar-refractivity contribution in [3.05, 3.63) is 29.8 Å². The predicted octanol–water partition coefficient (Wildman–Crippen LogP) is 0.459. The lowest BCUT2D eigenvalue weighted by Crippen LogP contribution is -2.40. The van der Waals surface area contributed by atoms with Gasteiger partial charge < -0.3 is 10.0 Å². The number of amides is 1. The predicted molar refractivity (Wildman–Crippen MR) is 80.9 cm³/mol. The normalized spacial score (nSPS) is 12.7. The number of hydrogen-bond donors (Lipinski definition) is 2. The molecule has 1 aromatic carbocycles. The lowest BCUT2D eigenvalue weighted by molar-refractivity contribution is -0.148. The molecule has 0 aliphatic heterocycles. The van der Waals surface area contributed by atoms with E-state index in [2.05, 4.69) is 4.72 Å². The number of carboxylic acid groups (broad SMARTS) is 1. The highest BCUT2D eigenvalue weighted by Gasteiger charge is 2.21. The molecule has 8 heteroatoms. The molecule has 22 heavy (non-hydrogen) atoms. The van der Waals surface area contributed by atoms with E-state index < -0.39 is 22.0 Å². The Bertz CT molecular complexity index is 640. The van der Waals surface area contributed by atoms with Crippen LogP contribution < -0.4 is 4.72 Å². The van der Waals surface area contributed by atoms with Gasteiger partial charge in [0.1, 0.15) is 6.04 Å². The number of aliphatic carboxylic acids is 1. The van der Waals surface area contributed by atoms with Crippen molar-refractivity contribution in [2.24, 2.45) is 0 Å². The quantitative estimate of drug-likeness (QED) is 0.757. The minimum atomic E-state index is -3.47. The summed E-state index contributed by atoms with van der Waals surface area (Å²) in [5, 5.41) is 8.86. The molecule has 0 spiro atoms. The van der Waals surface area contributed by atoms with Crippen LogP contribution in [0.2, 0.25) is 0 Å². The third-order valence-corrected chi connectivity index (χ3v) is 4.89. The Kier molecular flexibility index (Phi) is 6.07. The van der Waals surface area contributed by atoms with E-state index in [0.717, 1.165) is 5.56 Å². The Labute approximate surface area is 130 Å². The molecule has 0 bridgehead atoms. The van der Waals surface area contributed by atoms with E-state index >= 15 is 0 Å². The molecule has 1 rings (SSSR count). The first-order chi connectivity index (χ1) is 10.2. The van der Waals surface area contributed by atoms with Crippen LogP contribution in [-0.4, -0.2) is 50.4 Å². The zero-order valence-electron chi connectivity index (χ0n) is 12.7. The molecule has 0 heterocycles. The van der Waals surface area contributed by atoms with Crippen molar-refractivity contribution in [2.45, 2.75) is 30.7 Å². The molecule has 0 aromatic heterocycles. The number of carbonyl (C=O) groups is 2. The van der Waals surface area contributed by atoms with E-state index in [1.807, 2.05) is 0 Å². The van der Waals surface area contributed by atoms with Gasteiger partial charge in [0.05, 0.1) is 4.90 Å². The van der Waals surface area contributed by atoms with Crippen LogP contribution in [0.5, 0.6) is 0 Å². The largest absolute Gasteiger partial charge is 0.480 e. The second-order valence-electron chi connectivity index (χ2n) is 4.87. The zero-order valence-corrected chi connectivity index (χ0v) is 13.6. The number of rotatable bonds is 7. The Morgan fingerprint density at radius 2 is 1.82 bits per heavy atom. The topological polar surface area (TPSA) is 104 Å². The first-order valence-electron chi connectivity index (χ1n) is 6.70. The Balaban J connectivity index is 2.66. The molecule has 7 nitrogen and oxygen atoms in total. The molecule has 1 aromatic rings. The highest BCUT2D eigenvalue weighted by molar-refractivity contribution is 7.89. The number of aryl methyl sites for hydroxylation is 1. The van der Waals surface area contributed by atoms with Gasteiger partial charge in [-0.3, -0.25) is 4.79 Å². The molecule has 1 unspecified atom stereocenters. The highest BCUT2D eigenvalue weighted by Crippen LogP contribution is 2.12. The summed E-state index contributed by atoms with van der Waals surface area (Å²) in [6.45, 7) is 1.44. The molecule has 1 amide bonds. The Hall–Kier alpha value is -1.93. The van der Waals surface area contributed by atoms with Crippen molar-refractivity contribution in [1.82, 2.24) is 9.62 Å². The van der Waals surface area contributed by atoms with Gasteiger partial charge in [-0.1, -0.05) is 12.1 Å². The number of carbonyl (C=O) groups excluding carboxylic acids is 1.